The molecule has 0 spiro atoms. The van der Waals surface area contributed by atoms with E-state index in [0.717, 1.165) is 5.56 Å². The molecule has 1 aliphatic heterocycles. The van der Waals surface area contributed by atoms with Crippen LogP contribution in [0.15, 0.2) is 48.5 Å². The van der Waals surface area contributed by atoms with Crippen molar-refractivity contribution in [1.82, 2.24) is 4.90 Å². The molecule has 2 aromatic rings. The first-order valence-corrected chi connectivity index (χ1v) is 9.34. The van der Waals surface area contributed by atoms with Gasteiger partial charge in [0.15, 0.2) is 11.5 Å². The standard InChI is InChI=1S/C21H25N3O4/c1-2-24(21(26)17(22)12-15-6-4-3-5-7-15)14-20(25)23-16-8-9-18-19(13-16)28-11-10-27-18/h3-9,13,17H,2,10-12,14,22H2,1H3,(H,23,25)/t17-/m0/s1. The molecule has 28 heavy (non-hydrogen) atoms. The summed E-state index contributed by atoms with van der Waals surface area (Å²) in [6.07, 6.45) is 0.431. The van der Waals surface area contributed by atoms with Gasteiger partial charge in [0.2, 0.25) is 11.8 Å². The van der Waals surface area contributed by atoms with Crippen LogP contribution in [0.1, 0.15) is 12.5 Å². The van der Waals surface area contributed by atoms with Gasteiger partial charge in [-0.25, -0.2) is 0 Å². The quantitative estimate of drug-likeness (QED) is 0.761. The van der Waals surface area contributed by atoms with E-state index in [0.29, 0.717) is 43.4 Å². The minimum Gasteiger partial charge on any atom is -0.486 e. The van der Waals surface area contributed by atoms with Crippen molar-refractivity contribution in [3.8, 4) is 11.5 Å². The second kappa shape index (κ2) is 9.23. The molecule has 0 fully saturated rings. The number of anilines is 1. The Labute approximate surface area is 164 Å². The Balaban J connectivity index is 1.57. The fourth-order valence-electron chi connectivity index (χ4n) is 3.03. The Morgan fingerprint density at radius 1 is 1.11 bits per heavy atom. The van der Waals surface area contributed by atoms with E-state index in [2.05, 4.69) is 5.32 Å². The molecule has 0 saturated heterocycles. The van der Waals surface area contributed by atoms with Crippen LogP contribution in [0.3, 0.4) is 0 Å². The molecule has 7 nitrogen and oxygen atoms in total. The maximum absolute atomic E-state index is 12.6. The predicted molar refractivity (Wildman–Crippen MR) is 106 cm³/mol. The summed E-state index contributed by atoms with van der Waals surface area (Å²) in [6, 6.07) is 14.1. The zero-order valence-electron chi connectivity index (χ0n) is 15.9. The molecule has 7 heteroatoms. The second-order valence-corrected chi connectivity index (χ2v) is 6.56. The van der Waals surface area contributed by atoms with Crippen LogP contribution in [0.2, 0.25) is 0 Å². The highest BCUT2D eigenvalue weighted by Crippen LogP contribution is 2.32. The Hall–Kier alpha value is -3.06. The predicted octanol–water partition coefficient (Wildman–Crippen LogP) is 1.81. The molecular weight excluding hydrogens is 358 g/mol. The Morgan fingerprint density at radius 3 is 2.54 bits per heavy atom. The van der Waals surface area contributed by atoms with Crippen LogP contribution < -0.4 is 20.5 Å². The molecule has 0 radical (unpaired) electrons. The van der Waals surface area contributed by atoms with E-state index in [1.165, 1.54) is 4.90 Å². The molecule has 3 N–H and O–H groups in total. The number of benzene rings is 2. The van der Waals surface area contributed by atoms with Gasteiger partial charge < -0.3 is 25.4 Å². The number of carbonyl (C=O) groups is 2. The second-order valence-electron chi connectivity index (χ2n) is 6.56. The summed E-state index contributed by atoms with van der Waals surface area (Å²) in [6.45, 7) is 3.14. The van der Waals surface area contributed by atoms with Gasteiger partial charge in [0.1, 0.15) is 13.2 Å². The molecule has 0 aromatic heterocycles. The van der Waals surface area contributed by atoms with Crippen LogP contribution in [0.25, 0.3) is 0 Å². The maximum Gasteiger partial charge on any atom is 0.243 e. The molecule has 1 heterocycles. The zero-order valence-corrected chi connectivity index (χ0v) is 15.9. The topological polar surface area (TPSA) is 93.9 Å². The van der Waals surface area contributed by atoms with Crippen molar-refractivity contribution < 1.29 is 19.1 Å². The average Bonchev–Trinajstić information content (AvgIpc) is 2.72. The molecule has 0 unspecified atom stereocenters. The van der Waals surface area contributed by atoms with Gasteiger partial charge in [-0.15, -0.1) is 0 Å². The number of likely N-dealkylation sites (N-methyl/N-ethyl adjacent to an activating group) is 1. The lowest BCUT2D eigenvalue weighted by atomic mass is 10.1. The summed E-state index contributed by atoms with van der Waals surface area (Å²) in [4.78, 5) is 26.5. The van der Waals surface area contributed by atoms with Crippen molar-refractivity contribution >= 4 is 17.5 Å². The van der Waals surface area contributed by atoms with Crippen LogP contribution in [0, 0.1) is 0 Å². The summed E-state index contributed by atoms with van der Waals surface area (Å²) >= 11 is 0. The van der Waals surface area contributed by atoms with Crippen molar-refractivity contribution in [2.75, 3.05) is 31.6 Å². The highest BCUT2D eigenvalue weighted by molar-refractivity contribution is 5.95. The van der Waals surface area contributed by atoms with Gasteiger partial charge in [-0.05, 0) is 31.0 Å². The van der Waals surface area contributed by atoms with Crippen molar-refractivity contribution in [3.63, 3.8) is 0 Å². The number of nitrogens with one attached hydrogen (secondary N) is 1. The van der Waals surface area contributed by atoms with Gasteiger partial charge in [0, 0.05) is 18.3 Å². The van der Waals surface area contributed by atoms with Crippen LogP contribution >= 0.6 is 0 Å². The molecule has 2 amide bonds. The number of carbonyl (C=O) groups excluding carboxylic acids is 2. The summed E-state index contributed by atoms with van der Waals surface area (Å²) in [5.74, 6) is 0.710. The Bertz CT molecular complexity index is 826. The first-order valence-electron chi connectivity index (χ1n) is 9.34. The number of fused-ring (bicyclic) bond motifs is 1. The first kappa shape index (κ1) is 19.7. The van der Waals surface area contributed by atoms with E-state index in [1.54, 1.807) is 18.2 Å². The third kappa shape index (κ3) is 5.01. The molecule has 2 aromatic carbocycles. The number of rotatable bonds is 7. The number of hydrogen-bond acceptors (Lipinski definition) is 5. The van der Waals surface area contributed by atoms with E-state index in [-0.39, 0.29) is 18.4 Å². The SMILES string of the molecule is CCN(CC(=O)Nc1ccc2c(c1)OCCO2)C(=O)[C@@H](N)Cc1ccccc1. The lowest BCUT2D eigenvalue weighted by Crippen LogP contribution is -2.47. The largest absolute Gasteiger partial charge is 0.486 e. The first-order chi connectivity index (χ1) is 13.6. The van der Waals surface area contributed by atoms with Crippen LogP contribution in [0.5, 0.6) is 11.5 Å². The van der Waals surface area contributed by atoms with Gasteiger partial charge in [-0.2, -0.15) is 0 Å². The number of nitrogens with zero attached hydrogens (tertiary/aromatic N) is 1. The minimum absolute atomic E-state index is 0.0632. The number of amides is 2. The van der Waals surface area contributed by atoms with Crippen molar-refractivity contribution in [2.45, 2.75) is 19.4 Å². The van der Waals surface area contributed by atoms with Crippen molar-refractivity contribution in [3.05, 3.63) is 54.1 Å². The minimum atomic E-state index is -0.690. The Kier molecular flexibility index (Phi) is 6.49. The van der Waals surface area contributed by atoms with Gasteiger partial charge >= 0.3 is 0 Å². The van der Waals surface area contributed by atoms with Gasteiger partial charge in [-0.1, -0.05) is 30.3 Å². The van der Waals surface area contributed by atoms with E-state index in [1.807, 2.05) is 37.3 Å². The average molecular weight is 383 g/mol. The highest BCUT2D eigenvalue weighted by Gasteiger charge is 2.22. The molecule has 0 aliphatic carbocycles. The normalized spacial score (nSPS) is 13.5. The van der Waals surface area contributed by atoms with Crippen molar-refractivity contribution in [2.24, 2.45) is 5.73 Å². The monoisotopic (exact) mass is 383 g/mol. The summed E-state index contributed by atoms with van der Waals surface area (Å²) in [5, 5.41) is 2.79. The molecule has 0 bridgehead atoms. The van der Waals surface area contributed by atoms with Crippen molar-refractivity contribution in [1.29, 1.82) is 0 Å². The third-order valence-corrected chi connectivity index (χ3v) is 4.47. The zero-order chi connectivity index (χ0) is 19.9. The molecule has 148 valence electrons. The van der Waals surface area contributed by atoms with Gasteiger partial charge in [0.05, 0.1) is 12.6 Å². The summed E-state index contributed by atoms with van der Waals surface area (Å²) in [5.41, 5.74) is 7.65. The molecule has 0 saturated carbocycles. The lowest BCUT2D eigenvalue weighted by molar-refractivity contribution is -0.135. The molecular formula is C21H25N3O4. The van der Waals surface area contributed by atoms with Crippen LogP contribution in [-0.2, 0) is 16.0 Å². The molecule has 1 aliphatic rings. The smallest absolute Gasteiger partial charge is 0.243 e. The lowest BCUT2D eigenvalue weighted by Gasteiger charge is -2.24. The number of hydrogen-bond donors (Lipinski definition) is 2. The van der Waals surface area contributed by atoms with Gasteiger partial charge in [-0.3, -0.25) is 9.59 Å². The van der Waals surface area contributed by atoms with E-state index in [9.17, 15) is 9.59 Å². The molecule has 3 rings (SSSR count). The van der Waals surface area contributed by atoms with Crippen LogP contribution in [-0.4, -0.2) is 49.1 Å². The fraction of sp³-hybridized carbons (Fsp3) is 0.333. The van der Waals surface area contributed by atoms with Crippen LogP contribution in [0.4, 0.5) is 5.69 Å². The summed E-state index contributed by atoms with van der Waals surface area (Å²) in [7, 11) is 0. The summed E-state index contributed by atoms with van der Waals surface area (Å²) < 4.78 is 11.0. The van der Waals surface area contributed by atoms with E-state index in [4.69, 9.17) is 15.2 Å². The third-order valence-electron chi connectivity index (χ3n) is 4.47. The molecule has 1 atom stereocenters. The van der Waals surface area contributed by atoms with E-state index < -0.39 is 6.04 Å². The number of nitrogens with two attached hydrogens (primary N) is 1. The highest BCUT2D eigenvalue weighted by atomic mass is 16.6. The van der Waals surface area contributed by atoms with E-state index >= 15 is 0 Å². The fourth-order valence-corrected chi connectivity index (χ4v) is 3.03. The maximum atomic E-state index is 12.6. The van der Waals surface area contributed by atoms with Gasteiger partial charge in [0.25, 0.3) is 0 Å². The Morgan fingerprint density at radius 2 is 1.82 bits per heavy atom. The number of ether oxygens (including phenoxy) is 2.